The first-order valence-corrected chi connectivity index (χ1v) is 9.58. The number of rotatable bonds is 6. The fourth-order valence-electron chi connectivity index (χ4n) is 2.40. The molecular formula is C17H26N4O2S. The van der Waals surface area contributed by atoms with Gasteiger partial charge in [-0.3, -0.25) is 0 Å². The van der Waals surface area contributed by atoms with Crippen molar-refractivity contribution in [2.75, 3.05) is 20.6 Å². The van der Waals surface area contributed by atoms with E-state index < -0.39 is 10.0 Å². The summed E-state index contributed by atoms with van der Waals surface area (Å²) in [6.45, 7) is 3.33. The number of hydrogen-bond donors (Lipinski definition) is 2. The van der Waals surface area contributed by atoms with E-state index in [-0.39, 0.29) is 0 Å². The Kier molecular flexibility index (Phi) is 6.39. The van der Waals surface area contributed by atoms with Crippen LogP contribution in [0.1, 0.15) is 25.3 Å². The molecule has 0 spiro atoms. The van der Waals surface area contributed by atoms with Gasteiger partial charge >= 0.3 is 0 Å². The van der Waals surface area contributed by atoms with Crippen LogP contribution in [0, 0.1) is 0 Å². The third kappa shape index (κ3) is 4.82. The van der Waals surface area contributed by atoms with Gasteiger partial charge in [0.15, 0.2) is 5.96 Å². The zero-order chi connectivity index (χ0) is 17.6. The minimum Gasteiger partial charge on any atom is -0.357 e. The Hall–Kier alpha value is -1.86. The highest BCUT2D eigenvalue weighted by Gasteiger charge is 2.16. The maximum Gasteiger partial charge on any atom is 0.242 e. The maximum atomic E-state index is 12.1. The van der Waals surface area contributed by atoms with Crippen LogP contribution in [0.25, 0.3) is 0 Å². The van der Waals surface area contributed by atoms with E-state index in [2.05, 4.69) is 27.8 Å². The lowest BCUT2D eigenvalue weighted by molar-refractivity contribution is 0.520. The predicted molar refractivity (Wildman–Crippen MR) is 97.4 cm³/mol. The second kappa shape index (κ2) is 8.30. The molecule has 1 aromatic carbocycles. The summed E-state index contributed by atoms with van der Waals surface area (Å²) in [6.07, 6.45) is 6.37. The first-order valence-electron chi connectivity index (χ1n) is 8.14. The molecule has 0 saturated carbocycles. The first-order chi connectivity index (χ1) is 11.4. The Bertz CT molecular complexity index is 686. The Morgan fingerprint density at radius 1 is 1.21 bits per heavy atom. The highest BCUT2D eigenvalue weighted by Crippen LogP contribution is 2.14. The highest BCUT2D eigenvalue weighted by atomic mass is 32.2. The monoisotopic (exact) mass is 350 g/mol. The normalized spacial score (nSPS) is 15.9. The molecule has 0 unspecified atom stereocenters. The van der Waals surface area contributed by atoms with E-state index in [1.807, 2.05) is 6.92 Å². The molecule has 0 atom stereocenters. The largest absolute Gasteiger partial charge is 0.357 e. The van der Waals surface area contributed by atoms with Crippen molar-refractivity contribution in [2.45, 2.75) is 37.2 Å². The first kappa shape index (κ1) is 18.5. The molecule has 24 heavy (non-hydrogen) atoms. The number of hydrogen-bond acceptors (Lipinski definition) is 3. The SMILES string of the molecule is CCNC(=NCc1ccc(S(=O)(=O)N(C)C)cc1)NC1CC=CC1. The summed E-state index contributed by atoms with van der Waals surface area (Å²) in [7, 11) is -0.328. The second-order valence-electron chi connectivity index (χ2n) is 5.91. The van der Waals surface area contributed by atoms with Gasteiger partial charge in [-0.2, -0.15) is 0 Å². The van der Waals surface area contributed by atoms with E-state index in [0.29, 0.717) is 17.5 Å². The maximum absolute atomic E-state index is 12.1. The van der Waals surface area contributed by atoms with Gasteiger partial charge in [0.1, 0.15) is 0 Å². The number of aliphatic imine (C=N–C) groups is 1. The molecule has 0 heterocycles. The van der Waals surface area contributed by atoms with Crippen molar-refractivity contribution in [3.05, 3.63) is 42.0 Å². The van der Waals surface area contributed by atoms with E-state index in [1.165, 1.54) is 18.4 Å². The third-order valence-corrected chi connectivity index (χ3v) is 5.64. The Morgan fingerprint density at radius 2 is 1.83 bits per heavy atom. The van der Waals surface area contributed by atoms with Crippen molar-refractivity contribution in [2.24, 2.45) is 4.99 Å². The molecule has 0 aliphatic heterocycles. The molecule has 6 nitrogen and oxygen atoms in total. The van der Waals surface area contributed by atoms with Crippen LogP contribution < -0.4 is 10.6 Å². The molecule has 2 N–H and O–H groups in total. The molecule has 7 heteroatoms. The Morgan fingerprint density at radius 3 is 2.38 bits per heavy atom. The van der Waals surface area contributed by atoms with Crippen LogP contribution in [0.4, 0.5) is 0 Å². The van der Waals surface area contributed by atoms with Gasteiger partial charge in [-0.25, -0.2) is 17.7 Å². The van der Waals surface area contributed by atoms with Crippen molar-refractivity contribution in [3.8, 4) is 0 Å². The summed E-state index contributed by atoms with van der Waals surface area (Å²) in [5, 5.41) is 6.65. The molecule has 132 valence electrons. The van der Waals surface area contributed by atoms with Gasteiger partial charge in [0.2, 0.25) is 10.0 Å². The zero-order valence-corrected chi connectivity index (χ0v) is 15.3. The predicted octanol–water partition coefficient (Wildman–Crippen LogP) is 1.71. The standard InChI is InChI=1S/C17H26N4O2S/c1-4-18-17(20-15-7-5-6-8-15)19-13-14-9-11-16(12-10-14)24(22,23)21(2)3/h5-6,9-12,15H,4,7-8,13H2,1-3H3,(H2,18,19,20). The summed E-state index contributed by atoms with van der Waals surface area (Å²) >= 11 is 0. The smallest absolute Gasteiger partial charge is 0.242 e. The lowest BCUT2D eigenvalue weighted by Gasteiger charge is -2.16. The fourth-order valence-corrected chi connectivity index (χ4v) is 3.30. The number of nitrogens with zero attached hydrogens (tertiary/aromatic N) is 2. The summed E-state index contributed by atoms with van der Waals surface area (Å²) in [5.41, 5.74) is 0.967. The lowest BCUT2D eigenvalue weighted by atomic mass is 10.2. The second-order valence-corrected chi connectivity index (χ2v) is 8.06. The van der Waals surface area contributed by atoms with E-state index in [4.69, 9.17) is 0 Å². The van der Waals surface area contributed by atoms with Crippen LogP contribution >= 0.6 is 0 Å². The van der Waals surface area contributed by atoms with Gasteiger partial charge < -0.3 is 10.6 Å². The minimum absolute atomic E-state index is 0.294. The van der Waals surface area contributed by atoms with Gasteiger partial charge in [0, 0.05) is 26.7 Å². The lowest BCUT2D eigenvalue weighted by Crippen LogP contribution is -2.42. The van der Waals surface area contributed by atoms with Crippen molar-refractivity contribution >= 4 is 16.0 Å². The molecule has 1 aromatic rings. The van der Waals surface area contributed by atoms with Gasteiger partial charge in [-0.05, 0) is 37.5 Å². The average molecular weight is 350 g/mol. The quantitative estimate of drug-likeness (QED) is 0.465. The van der Waals surface area contributed by atoms with Crippen molar-refractivity contribution < 1.29 is 8.42 Å². The van der Waals surface area contributed by atoms with Crippen molar-refractivity contribution in [3.63, 3.8) is 0 Å². The molecule has 0 bridgehead atoms. The number of sulfonamides is 1. The van der Waals surface area contributed by atoms with Crippen molar-refractivity contribution in [1.82, 2.24) is 14.9 Å². The van der Waals surface area contributed by atoms with Crippen LogP contribution in [0.5, 0.6) is 0 Å². The molecule has 0 amide bonds. The van der Waals surface area contributed by atoms with Crippen LogP contribution in [0.3, 0.4) is 0 Å². The minimum atomic E-state index is -3.38. The molecule has 0 saturated heterocycles. The van der Waals surface area contributed by atoms with Crippen LogP contribution in [0.15, 0.2) is 46.3 Å². The van der Waals surface area contributed by atoms with Gasteiger partial charge in [-0.15, -0.1) is 0 Å². The van der Waals surface area contributed by atoms with Crippen LogP contribution in [-0.2, 0) is 16.6 Å². The number of benzene rings is 1. The number of nitrogens with one attached hydrogen (secondary N) is 2. The highest BCUT2D eigenvalue weighted by molar-refractivity contribution is 7.89. The Labute approximate surface area is 144 Å². The topological polar surface area (TPSA) is 73.8 Å². The van der Waals surface area contributed by atoms with Crippen molar-refractivity contribution in [1.29, 1.82) is 0 Å². The van der Waals surface area contributed by atoms with Gasteiger partial charge in [-0.1, -0.05) is 24.3 Å². The number of guanidine groups is 1. The summed E-state index contributed by atoms with van der Waals surface area (Å²) in [5.74, 6) is 0.788. The third-order valence-electron chi connectivity index (χ3n) is 3.81. The molecule has 1 aliphatic rings. The van der Waals surface area contributed by atoms with E-state index in [9.17, 15) is 8.42 Å². The molecule has 0 aromatic heterocycles. The zero-order valence-electron chi connectivity index (χ0n) is 14.5. The summed E-state index contributed by atoms with van der Waals surface area (Å²) < 4.78 is 25.3. The fraction of sp³-hybridized carbons (Fsp3) is 0.471. The van der Waals surface area contributed by atoms with Crippen LogP contribution in [0.2, 0.25) is 0 Å². The summed E-state index contributed by atoms with van der Waals surface area (Å²) in [6, 6.07) is 7.26. The van der Waals surface area contributed by atoms with E-state index in [0.717, 1.165) is 30.9 Å². The van der Waals surface area contributed by atoms with Gasteiger partial charge in [0.05, 0.1) is 11.4 Å². The van der Waals surface area contributed by atoms with E-state index in [1.54, 1.807) is 24.3 Å². The Balaban J connectivity index is 2.03. The van der Waals surface area contributed by atoms with E-state index >= 15 is 0 Å². The molecule has 1 aliphatic carbocycles. The molecule has 0 radical (unpaired) electrons. The average Bonchev–Trinajstić information content (AvgIpc) is 3.06. The van der Waals surface area contributed by atoms with Gasteiger partial charge in [0.25, 0.3) is 0 Å². The summed E-state index contributed by atoms with van der Waals surface area (Å²) in [4.78, 5) is 4.87. The van der Waals surface area contributed by atoms with Crippen LogP contribution in [-0.4, -0.2) is 45.4 Å². The molecular weight excluding hydrogens is 324 g/mol. The molecule has 0 fully saturated rings. The molecule has 2 rings (SSSR count).